The monoisotopic (exact) mass is 1240 g/mol. The molecular formula is C65H126O17P2. The van der Waals surface area contributed by atoms with Crippen molar-refractivity contribution in [1.29, 1.82) is 0 Å². The van der Waals surface area contributed by atoms with Gasteiger partial charge in [-0.2, -0.15) is 0 Å². The fraction of sp³-hybridized carbons (Fsp3) is 0.938. The molecule has 5 atom stereocenters. The van der Waals surface area contributed by atoms with Crippen LogP contribution in [-0.4, -0.2) is 96.7 Å². The van der Waals surface area contributed by atoms with Gasteiger partial charge in [-0.1, -0.05) is 273 Å². The van der Waals surface area contributed by atoms with Crippen molar-refractivity contribution in [2.75, 3.05) is 39.6 Å². The molecule has 498 valence electrons. The van der Waals surface area contributed by atoms with Crippen molar-refractivity contribution in [2.45, 2.75) is 342 Å². The average Bonchev–Trinajstić information content (AvgIpc) is 3.58. The zero-order valence-electron chi connectivity index (χ0n) is 54.2. The number of phosphoric acid groups is 2. The van der Waals surface area contributed by atoms with Crippen LogP contribution in [0.1, 0.15) is 324 Å². The zero-order valence-corrected chi connectivity index (χ0v) is 56.0. The van der Waals surface area contributed by atoms with Gasteiger partial charge in [0.1, 0.15) is 19.3 Å². The van der Waals surface area contributed by atoms with Crippen LogP contribution in [0, 0.1) is 11.8 Å². The minimum Gasteiger partial charge on any atom is -0.462 e. The number of hydrogen-bond acceptors (Lipinski definition) is 15. The number of aliphatic hydroxyl groups is 1. The molecule has 17 nitrogen and oxygen atoms in total. The topological polar surface area (TPSA) is 237 Å². The van der Waals surface area contributed by atoms with Crippen molar-refractivity contribution in [3.05, 3.63) is 0 Å². The van der Waals surface area contributed by atoms with Crippen LogP contribution in [0.15, 0.2) is 0 Å². The van der Waals surface area contributed by atoms with Gasteiger partial charge < -0.3 is 33.8 Å². The molecule has 0 aromatic heterocycles. The van der Waals surface area contributed by atoms with Crippen LogP contribution in [0.2, 0.25) is 0 Å². The highest BCUT2D eigenvalue weighted by molar-refractivity contribution is 7.47. The van der Waals surface area contributed by atoms with E-state index in [1.165, 1.54) is 122 Å². The van der Waals surface area contributed by atoms with Crippen molar-refractivity contribution in [2.24, 2.45) is 11.8 Å². The van der Waals surface area contributed by atoms with Crippen molar-refractivity contribution in [1.82, 2.24) is 0 Å². The van der Waals surface area contributed by atoms with Crippen molar-refractivity contribution in [3.8, 4) is 0 Å². The molecule has 0 aliphatic rings. The Hall–Kier alpha value is -1.94. The molecule has 0 radical (unpaired) electrons. The Morgan fingerprint density at radius 2 is 0.548 bits per heavy atom. The van der Waals surface area contributed by atoms with E-state index in [9.17, 15) is 43.2 Å². The lowest BCUT2D eigenvalue weighted by Gasteiger charge is -2.21. The molecule has 0 aromatic carbocycles. The SMILES string of the molecule is CCCCCCCCCCCC(=O)O[C@H](COC(=O)CCCCCCCCC)COP(=O)(O)OC[C@H](O)COP(=O)(O)OC[C@@H](COC(=O)CCCCCCCCCC(C)C)OC(=O)CCCCCCCCCCCCCCCCCC(C)C. The Bertz CT molecular complexity index is 1650. The van der Waals surface area contributed by atoms with Crippen LogP contribution in [-0.2, 0) is 65.4 Å². The molecule has 0 saturated carbocycles. The predicted molar refractivity (Wildman–Crippen MR) is 335 cm³/mol. The maximum absolute atomic E-state index is 13.0. The van der Waals surface area contributed by atoms with E-state index in [2.05, 4.69) is 41.5 Å². The highest BCUT2D eigenvalue weighted by Gasteiger charge is 2.30. The van der Waals surface area contributed by atoms with Crippen molar-refractivity contribution in [3.63, 3.8) is 0 Å². The molecule has 0 bridgehead atoms. The second kappa shape index (κ2) is 57.5. The van der Waals surface area contributed by atoms with E-state index < -0.39 is 97.5 Å². The fourth-order valence-corrected chi connectivity index (χ4v) is 11.3. The Morgan fingerprint density at radius 3 is 0.810 bits per heavy atom. The van der Waals surface area contributed by atoms with Crippen molar-refractivity contribution >= 4 is 39.5 Å². The minimum absolute atomic E-state index is 0.105. The van der Waals surface area contributed by atoms with Gasteiger partial charge in [0.15, 0.2) is 12.2 Å². The maximum Gasteiger partial charge on any atom is 0.472 e. The van der Waals surface area contributed by atoms with E-state index in [0.29, 0.717) is 31.6 Å². The van der Waals surface area contributed by atoms with Crippen LogP contribution in [0.5, 0.6) is 0 Å². The van der Waals surface area contributed by atoms with E-state index in [1.54, 1.807) is 0 Å². The Kier molecular flexibility index (Phi) is 56.2. The Morgan fingerprint density at radius 1 is 0.321 bits per heavy atom. The number of hydrogen-bond donors (Lipinski definition) is 3. The quantitative estimate of drug-likeness (QED) is 0.0222. The maximum atomic E-state index is 13.0. The molecule has 0 aliphatic heterocycles. The molecule has 84 heavy (non-hydrogen) atoms. The summed E-state index contributed by atoms with van der Waals surface area (Å²) in [5.41, 5.74) is 0. The first-order valence-corrected chi connectivity index (χ1v) is 37.0. The number of esters is 4. The van der Waals surface area contributed by atoms with Gasteiger partial charge in [0.05, 0.1) is 26.4 Å². The molecule has 0 spiro atoms. The smallest absolute Gasteiger partial charge is 0.462 e. The highest BCUT2D eigenvalue weighted by atomic mass is 31.2. The third-order valence-electron chi connectivity index (χ3n) is 15.0. The van der Waals surface area contributed by atoms with Gasteiger partial charge in [0.2, 0.25) is 0 Å². The largest absolute Gasteiger partial charge is 0.472 e. The standard InChI is InChI=1S/C65H126O17P2/c1-7-9-11-13-15-23-30-37-43-49-64(69)81-60(53-75-62(67)47-41-35-27-14-12-10-8-2)55-79-83(71,72)77-51-59(66)52-78-84(73,74)80-56-61(54-76-63(68)48-42-36-32-26-29-34-40-46-58(5)6)82-65(70)50-44-38-31-25-22-20-18-16-17-19-21-24-28-33-39-45-57(3)4/h57-61,66H,7-56H2,1-6H3,(H,71,72)(H,73,74)/t59-,60+,61+/m0/s1. The van der Waals surface area contributed by atoms with Gasteiger partial charge in [-0.05, 0) is 37.5 Å². The predicted octanol–water partition coefficient (Wildman–Crippen LogP) is 18.0. The number of aliphatic hydroxyl groups excluding tert-OH is 1. The first-order valence-electron chi connectivity index (χ1n) is 34.0. The van der Waals surface area contributed by atoms with Gasteiger partial charge >= 0.3 is 39.5 Å². The van der Waals surface area contributed by atoms with E-state index in [4.69, 9.17) is 37.0 Å². The first-order chi connectivity index (χ1) is 40.4. The number of rotatable bonds is 64. The third-order valence-corrected chi connectivity index (χ3v) is 16.9. The molecule has 0 aromatic rings. The summed E-state index contributed by atoms with van der Waals surface area (Å²) in [5, 5.41) is 10.5. The van der Waals surface area contributed by atoms with E-state index in [-0.39, 0.29) is 25.7 Å². The normalized spacial score (nSPS) is 14.3. The number of carbonyl (C=O) groups is 4. The molecule has 0 amide bonds. The summed E-state index contributed by atoms with van der Waals surface area (Å²) in [6.45, 7) is 9.42. The molecule has 0 heterocycles. The summed E-state index contributed by atoms with van der Waals surface area (Å²) >= 11 is 0. The van der Waals surface area contributed by atoms with E-state index >= 15 is 0 Å². The van der Waals surface area contributed by atoms with Gasteiger partial charge in [0, 0.05) is 25.7 Å². The average molecular weight is 1240 g/mol. The molecule has 3 N–H and O–H groups in total. The summed E-state index contributed by atoms with van der Waals surface area (Å²) in [5.74, 6) is -0.631. The van der Waals surface area contributed by atoms with Gasteiger partial charge in [-0.3, -0.25) is 37.3 Å². The molecular weight excluding hydrogens is 1110 g/mol. The van der Waals surface area contributed by atoms with Gasteiger partial charge in [-0.25, -0.2) is 9.13 Å². The molecule has 0 aliphatic carbocycles. The lowest BCUT2D eigenvalue weighted by Crippen LogP contribution is -2.30. The lowest BCUT2D eigenvalue weighted by molar-refractivity contribution is -0.161. The first kappa shape index (κ1) is 82.1. The van der Waals surface area contributed by atoms with Crippen molar-refractivity contribution < 1.29 is 80.2 Å². The number of carbonyl (C=O) groups excluding carboxylic acids is 4. The molecule has 19 heteroatoms. The summed E-state index contributed by atoms with van der Waals surface area (Å²) in [4.78, 5) is 72.1. The van der Waals surface area contributed by atoms with Crippen LogP contribution in [0.25, 0.3) is 0 Å². The van der Waals surface area contributed by atoms with Gasteiger partial charge in [0.25, 0.3) is 0 Å². The highest BCUT2D eigenvalue weighted by Crippen LogP contribution is 2.45. The van der Waals surface area contributed by atoms with Crippen LogP contribution < -0.4 is 0 Å². The molecule has 0 fully saturated rings. The molecule has 0 saturated heterocycles. The fourth-order valence-electron chi connectivity index (χ4n) is 9.71. The summed E-state index contributed by atoms with van der Waals surface area (Å²) in [6.07, 6.45) is 40.6. The number of unbranched alkanes of at least 4 members (excludes halogenated alkanes) is 34. The zero-order chi connectivity index (χ0) is 62.2. The van der Waals surface area contributed by atoms with Crippen LogP contribution in [0.4, 0.5) is 0 Å². The molecule has 0 rings (SSSR count). The Balaban J connectivity index is 5.16. The van der Waals surface area contributed by atoms with Crippen LogP contribution in [0.3, 0.4) is 0 Å². The van der Waals surface area contributed by atoms with E-state index in [1.807, 2.05) is 0 Å². The molecule has 2 unspecified atom stereocenters. The summed E-state index contributed by atoms with van der Waals surface area (Å²) < 4.78 is 67.9. The number of ether oxygens (including phenoxy) is 4. The summed E-state index contributed by atoms with van der Waals surface area (Å²) in [6, 6.07) is 0. The minimum atomic E-state index is -4.94. The third kappa shape index (κ3) is 59.0. The second-order valence-corrected chi connectivity index (χ2v) is 27.4. The second-order valence-electron chi connectivity index (χ2n) is 24.5. The Labute approximate surface area is 511 Å². The van der Waals surface area contributed by atoms with E-state index in [0.717, 1.165) is 115 Å². The lowest BCUT2D eigenvalue weighted by atomic mass is 10.0. The van der Waals surface area contributed by atoms with Crippen LogP contribution >= 0.6 is 15.6 Å². The summed E-state index contributed by atoms with van der Waals surface area (Å²) in [7, 11) is -9.88. The number of phosphoric ester groups is 2. The van der Waals surface area contributed by atoms with Gasteiger partial charge in [-0.15, -0.1) is 0 Å².